The van der Waals surface area contributed by atoms with E-state index in [9.17, 15) is 14.7 Å². The first-order valence-electron chi connectivity index (χ1n) is 7.76. The van der Waals surface area contributed by atoms with Crippen LogP contribution in [0.25, 0.3) is 0 Å². The Morgan fingerprint density at radius 1 is 1.00 bits per heavy atom. The summed E-state index contributed by atoms with van der Waals surface area (Å²) in [5.41, 5.74) is 0. The van der Waals surface area contributed by atoms with Gasteiger partial charge in [-0.1, -0.05) is 19.3 Å². The van der Waals surface area contributed by atoms with E-state index in [1.165, 1.54) is 0 Å². The van der Waals surface area contributed by atoms with Crippen LogP contribution >= 0.6 is 0 Å². The van der Waals surface area contributed by atoms with Crippen LogP contribution in [-0.2, 0) is 9.59 Å². The molecular formula is C15H25NO4. The number of rotatable bonds is 4. The molecule has 0 aromatic heterocycles. The Kier molecular flexibility index (Phi) is 5.40. The van der Waals surface area contributed by atoms with Crippen LogP contribution in [0.3, 0.4) is 0 Å². The summed E-state index contributed by atoms with van der Waals surface area (Å²) in [4.78, 5) is 23.1. The van der Waals surface area contributed by atoms with Gasteiger partial charge >= 0.3 is 5.97 Å². The molecule has 0 bridgehead atoms. The first-order valence-corrected chi connectivity index (χ1v) is 7.76. The van der Waals surface area contributed by atoms with Crippen LogP contribution in [0.15, 0.2) is 0 Å². The van der Waals surface area contributed by atoms with Crippen LogP contribution in [0.5, 0.6) is 0 Å². The normalized spacial score (nSPS) is 34.5. The lowest BCUT2D eigenvalue weighted by Gasteiger charge is -2.29. The third-order valence-corrected chi connectivity index (χ3v) is 4.80. The molecule has 3 N–H and O–H groups in total. The van der Waals surface area contributed by atoms with E-state index in [4.69, 9.17) is 5.11 Å². The summed E-state index contributed by atoms with van der Waals surface area (Å²) < 4.78 is 0. The molecule has 1 amide bonds. The van der Waals surface area contributed by atoms with Gasteiger partial charge in [0.2, 0.25) is 5.91 Å². The second kappa shape index (κ2) is 7.07. The third-order valence-electron chi connectivity index (χ3n) is 4.80. The lowest BCUT2D eigenvalue weighted by atomic mass is 9.80. The highest BCUT2D eigenvalue weighted by molar-refractivity contribution is 5.80. The lowest BCUT2D eigenvalue weighted by Crippen LogP contribution is -2.41. The van der Waals surface area contributed by atoms with Gasteiger partial charge in [-0.15, -0.1) is 0 Å². The summed E-state index contributed by atoms with van der Waals surface area (Å²) in [6.45, 7) is 0.522. The number of nitrogens with one attached hydrogen (secondary N) is 1. The summed E-state index contributed by atoms with van der Waals surface area (Å²) >= 11 is 0. The zero-order valence-corrected chi connectivity index (χ0v) is 11.9. The lowest BCUT2D eigenvalue weighted by molar-refractivity contribution is -0.144. The van der Waals surface area contributed by atoms with E-state index < -0.39 is 5.97 Å². The van der Waals surface area contributed by atoms with E-state index in [2.05, 4.69) is 5.32 Å². The van der Waals surface area contributed by atoms with Crippen molar-refractivity contribution in [3.8, 4) is 0 Å². The fraction of sp³-hybridized carbons (Fsp3) is 0.867. The van der Waals surface area contributed by atoms with E-state index in [-0.39, 0.29) is 29.8 Å². The van der Waals surface area contributed by atoms with Crippen LogP contribution in [-0.4, -0.2) is 34.7 Å². The monoisotopic (exact) mass is 283 g/mol. The van der Waals surface area contributed by atoms with Gasteiger partial charge in [0.15, 0.2) is 0 Å². The minimum Gasteiger partial charge on any atom is -0.481 e. The highest BCUT2D eigenvalue weighted by atomic mass is 16.4. The van der Waals surface area contributed by atoms with Gasteiger partial charge in [-0.25, -0.2) is 0 Å². The maximum Gasteiger partial charge on any atom is 0.306 e. The van der Waals surface area contributed by atoms with Crippen LogP contribution in [0.1, 0.15) is 51.4 Å². The maximum absolute atomic E-state index is 12.1. The summed E-state index contributed by atoms with van der Waals surface area (Å²) in [7, 11) is 0. The second-order valence-corrected chi connectivity index (χ2v) is 6.26. The summed E-state index contributed by atoms with van der Waals surface area (Å²) in [6, 6.07) is 0. The van der Waals surface area contributed by atoms with Gasteiger partial charge in [-0.3, -0.25) is 9.59 Å². The smallest absolute Gasteiger partial charge is 0.306 e. The van der Waals surface area contributed by atoms with Crippen molar-refractivity contribution in [1.82, 2.24) is 5.32 Å². The number of hydrogen-bond acceptors (Lipinski definition) is 3. The van der Waals surface area contributed by atoms with Crippen molar-refractivity contribution in [3.05, 3.63) is 0 Å². The van der Waals surface area contributed by atoms with Gasteiger partial charge in [0, 0.05) is 18.4 Å². The molecule has 4 unspecified atom stereocenters. The number of aliphatic hydroxyl groups is 1. The molecule has 4 atom stereocenters. The number of aliphatic carboxylic acids is 1. The summed E-state index contributed by atoms with van der Waals surface area (Å²) in [6.07, 6.45) is 6.38. The average Bonchev–Trinajstić information content (AvgIpc) is 2.46. The van der Waals surface area contributed by atoms with Crippen LogP contribution < -0.4 is 5.32 Å². The molecule has 114 valence electrons. The Hall–Kier alpha value is -1.10. The van der Waals surface area contributed by atoms with Crippen molar-refractivity contribution < 1.29 is 19.8 Å². The number of carboxylic acids is 1. The quantitative estimate of drug-likeness (QED) is 0.730. The molecular weight excluding hydrogens is 258 g/mol. The van der Waals surface area contributed by atoms with Gasteiger partial charge < -0.3 is 15.5 Å². The van der Waals surface area contributed by atoms with Gasteiger partial charge in [0.05, 0.1) is 12.0 Å². The fourth-order valence-electron chi connectivity index (χ4n) is 3.45. The fourth-order valence-corrected chi connectivity index (χ4v) is 3.45. The molecule has 2 rings (SSSR count). The van der Waals surface area contributed by atoms with Gasteiger partial charge in [0.1, 0.15) is 0 Å². The molecule has 0 saturated heterocycles. The van der Waals surface area contributed by atoms with Gasteiger partial charge in [-0.05, 0) is 32.1 Å². The zero-order valence-electron chi connectivity index (χ0n) is 11.9. The largest absolute Gasteiger partial charge is 0.481 e. The maximum atomic E-state index is 12.1. The van der Waals surface area contributed by atoms with Crippen LogP contribution in [0.4, 0.5) is 0 Å². The van der Waals surface area contributed by atoms with E-state index in [1.807, 2.05) is 0 Å². The summed E-state index contributed by atoms with van der Waals surface area (Å²) in [5.74, 6) is -1.21. The van der Waals surface area contributed by atoms with Crippen molar-refractivity contribution in [2.24, 2.45) is 17.8 Å². The van der Waals surface area contributed by atoms with E-state index in [0.29, 0.717) is 19.4 Å². The molecule has 20 heavy (non-hydrogen) atoms. The Morgan fingerprint density at radius 3 is 2.40 bits per heavy atom. The van der Waals surface area contributed by atoms with E-state index in [1.54, 1.807) is 0 Å². The zero-order chi connectivity index (χ0) is 14.5. The molecule has 0 aliphatic heterocycles. The molecule has 2 aliphatic carbocycles. The number of carbonyl (C=O) groups is 2. The van der Waals surface area contributed by atoms with Crippen LogP contribution in [0, 0.1) is 17.8 Å². The van der Waals surface area contributed by atoms with Crippen molar-refractivity contribution >= 4 is 11.9 Å². The molecule has 0 spiro atoms. The number of carbonyl (C=O) groups excluding carboxylic acids is 1. The highest BCUT2D eigenvalue weighted by Gasteiger charge is 2.31. The van der Waals surface area contributed by atoms with E-state index in [0.717, 1.165) is 38.5 Å². The summed E-state index contributed by atoms with van der Waals surface area (Å²) in [5, 5.41) is 21.8. The SMILES string of the molecule is O=C(O)C1CCCC(C(=O)NCC2CCCCC2O)C1. The molecule has 2 fully saturated rings. The molecule has 0 heterocycles. The van der Waals surface area contributed by atoms with Crippen molar-refractivity contribution in [3.63, 3.8) is 0 Å². The Morgan fingerprint density at radius 2 is 1.70 bits per heavy atom. The first kappa shape index (κ1) is 15.3. The molecule has 0 radical (unpaired) electrons. The minimum atomic E-state index is -0.787. The Labute approximate surface area is 119 Å². The van der Waals surface area contributed by atoms with E-state index >= 15 is 0 Å². The predicted molar refractivity (Wildman–Crippen MR) is 74.1 cm³/mol. The Balaban J connectivity index is 1.77. The molecule has 5 heteroatoms. The molecule has 0 aromatic rings. The third kappa shape index (κ3) is 3.95. The first-order chi connectivity index (χ1) is 9.58. The Bertz CT molecular complexity index is 358. The molecule has 2 aliphatic rings. The number of hydrogen-bond donors (Lipinski definition) is 3. The standard InChI is InChI=1S/C15H25NO4/c17-13-7-2-1-4-12(13)9-16-14(18)10-5-3-6-11(8-10)15(19)20/h10-13,17H,1-9H2,(H,16,18)(H,19,20). The molecule has 0 aromatic carbocycles. The second-order valence-electron chi connectivity index (χ2n) is 6.26. The van der Waals surface area contributed by atoms with Crippen molar-refractivity contribution in [2.75, 3.05) is 6.54 Å². The molecule has 2 saturated carbocycles. The van der Waals surface area contributed by atoms with Crippen molar-refractivity contribution in [1.29, 1.82) is 0 Å². The topological polar surface area (TPSA) is 86.6 Å². The number of amides is 1. The van der Waals surface area contributed by atoms with Gasteiger partial charge in [-0.2, -0.15) is 0 Å². The average molecular weight is 283 g/mol. The number of aliphatic hydroxyl groups excluding tert-OH is 1. The van der Waals surface area contributed by atoms with Crippen LogP contribution in [0.2, 0.25) is 0 Å². The molecule has 5 nitrogen and oxygen atoms in total. The number of carboxylic acid groups (broad SMARTS) is 1. The van der Waals surface area contributed by atoms with Crippen molar-refractivity contribution in [2.45, 2.75) is 57.5 Å². The van der Waals surface area contributed by atoms with Gasteiger partial charge in [0.25, 0.3) is 0 Å². The predicted octanol–water partition coefficient (Wildman–Crippen LogP) is 1.54. The highest BCUT2D eigenvalue weighted by Crippen LogP contribution is 2.29. The minimum absolute atomic E-state index is 0.0336.